The fourth-order valence-corrected chi connectivity index (χ4v) is 4.49. The highest BCUT2D eigenvalue weighted by Crippen LogP contribution is 2.43. The number of nitrogens with zero attached hydrogens (tertiary/aromatic N) is 2. The van der Waals surface area contributed by atoms with Gasteiger partial charge in [-0.05, 0) is 54.9 Å². The van der Waals surface area contributed by atoms with Crippen LogP contribution in [-0.4, -0.2) is 55.5 Å². The van der Waals surface area contributed by atoms with Gasteiger partial charge in [0, 0.05) is 38.3 Å². The van der Waals surface area contributed by atoms with Gasteiger partial charge in [0.15, 0.2) is 0 Å². The van der Waals surface area contributed by atoms with Crippen LogP contribution in [-0.2, 0) is 0 Å². The molecule has 1 heterocycles. The third-order valence-corrected chi connectivity index (χ3v) is 5.91. The minimum absolute atomic E-state index is 0.139. The Kier molecular flexibility index (Phi) is 4.31. The Balaban J connectivity index is 1.29. The zero-order valence-electron chi connectivity index (χ0n) is 14.4. The third kappa shape index (κ3) is 3.07. The monoisotopic (exact) mass is 326 g/mol. The maximum Gasteiger partial charge on any atom is 0.253 e. The topological polar surface area (TPSA) is 32.8 Å². The van der Waals surface area contributed by atoms with Crippen molar-refractivity contribution >= 4 is 5.91 Å². The van der Waals surface area contributed by atoms with Gasteiger partial charge in [-0.15, -0.1) is 0 Å². The van der Waals surface area contributed by atoms with Crippen LogP contribution in [0.1, 0.15) is 23.2 Å². The van der Waals surface area contributed by atoms with Gasteiger partial charge in [0.05, 0.1) is 7.11 Å². The third-order valence-electron chi connectivity index (χ3n) is 5.91. The minimum atomic E-state index is 0.139. The maximum absolute atomic E-state index is 12.6. The molecule has 0 spiro atoms. The Morgan fingerprint density at radius 2 is 1.83 bits per heavy atom. The van der Waals surface area contributed by atoms with Gasteiger partial charge in [-0.25, -0.2) is 0 Å². The van der Waals surface area contributed by atoms with Gasteiger partial charge in [-0.3, -0.25) is 9.69 Å². The molecule has 2 bridgehead atoms. The zero-order valence-corrected chi connectivity index (χ0v) is 14.4. The molecule has 0 N–H and O–H groups in total. The molecule has 1 aromatic carbocycles. The molecule has 2 fully saturated rings. The number of rotatable bonds is 4. The molecule has 0 unspecified atom stereocenters. The number of piperazine rings is 1. The summed E-state index contributed by atoms with van der Waals surface area (Å²) >= 11 is 0. The number of amides is 1. The Bertz CT molecular complexity index is 617. The van der Waals surface area contributed by atoms with Crippen molar-refractivity contribution < 1.29 is 9.53 Å². The first kappa shape index (κ1) is 15.7. The van der Waals surface area contributed by atoms with Crippen molar-refractivity contribution in [1.29, 1.82) is 0 Å². The first-order chi connectivity index (χ1) is 11.7. The molecule has 4 rings (SSSR count). The molecule has 2 aliphatic carbocycles. The van der Waals surface area contributed by atoms with Gasteiger partial charge in [0.25, 0.3) is 5.91 Å². The van der Waals surface area contributed by atoms with Crippen molar-refractivity contribution in [3.05, 3.63) is 42.0 Å². The van der Waals surface area contributed by atoms with E-state index in [-0.39, 0.29) is 5.91 Å². The van der Waals surface area contributed by atoms with E-state index in [2.05, 4.69) is 17.1 Å². The first-order valence-corrected chi connectivity index (χ1v) is 9.07. The fourth-order valence-electron chi connectivity index (χ4n) is 4.49. The van der Waals surface area contributed by atoms with Crippen molar-refractivity contribution in [3.8, 4) is 5.75 Å². The number of carbonyl (C=O) groups is 1. The fraction of sp³-hybridized carbons (Fsp3) is 0.550. The van der Waals surface area contributed by atoms with E-state index in [0.717, 1.165) is 55.2 Å². The van der Waals surface area contributed by atoms with Crippen LogP contribution >= 0.6 is 0 Å². The predicted octanol–water partition coefficient (Wildman–Crippen LogP) is 2.67. The molecule has 24 heavy (non-hydrogen) atoms. The summed E-state index contributed by atoms with van der Waals surface area (Å²) in [5, 5.41) is 0. The van der Waals surface area contributed by atoms with Crippen LogP contribution in [0.4, 0.5) is 0 Å². The Labute approximate surface area is 144 Å². The molecule has 0 aromatic heterocycles. The molecule has 128 valence electrons. The lowest BCUT2D eigenvalue weighted by molar-refractivity contribution is 0.0610. The molecule has 1 saturated carbocycles. The number of carbonyl (C=O) groups excluding carboxylic acids is 1. The molecular weight excluding hydrogens is 300 g/mol. The minimum Gasteiger partial charge on any atom is -0.497 e. The predicted molar refractivity (Wildman–Crippen MR) is 94.2 cm³/mol. The molecule has 3 aliphatic rings. The van der Waals surface area contributed by atoms with Gasteiger partial charge in [-0.2, -0.15) is 0 Å². The van der Waals surface area contributed by atoms with Crippen LogP contribution in [0.2, 0.25) is 0 Å². The van der Waals surface area contributed by atoms with Gasteiger partial charge < -0.3 is 9.64 Å². The molecule has 3 atom stereocenters. The summed E-state index contributed by atoms with van der Waals surface area (Å²) in [5.41, 5.74) is 0.752. The Hall–Kier alpha value is -1.81. The quantitative estimate of drug-likeness (QED) is 0.798. The highest BCUT2D eigenvalue weighted by molar-refractivity contribution is 5.94. The molecule has 4 heteroatoms. The SMILES string of the molecule is COc1ccc(C(=O)N2CCN(C[C@@H]3C[C@@H]4C=C[C@@H]3C4)CC2)cc1. The first-order valence-electron chi connectivity index (χ1n) is 9.07. The zero-order chi connectivity index (χ0) is 16.5. The van der Waals surface area contributed by atoms with Crippen LogP contribution in [0.5, 0.6) is 5.75 Å². The number of hydrogen-bond acceptors (Lipinski definition) is 3. The number of benzene rings is 1. The van der Waals surface area contributed by atoms with Crippen molar-refractivity contribution in [1.82, 2.24) is 9.80 Å². The van der Waals surface area contributed by atoms with E-state index >= 15 is 0 Å². The van der Waals surface area contributed by atoms with E-state index in [9.17, 15) is 4.79 Å². The highest BCUT2D eigenvalue weighted by Gasteiger charge is 2.36. The van der Waals surface area contributed by atoms with E-state index < -0.39 is 0 Å². The normalized spacial score (nSPS) is 29.2. The lowest BCUT2D eigenvalue weighted by Crippen LogP contribution is -2.50. The number of hydrogen-bond donors (Lipinski definition) is 0. The molecule has 0 radical (unpaired) electrons. The summed E-state index contributed by atoms with van der Waals surface area (Å²) in [5.74, 6) is 3.42. The van der Waals surface area contributed by atoms with Gasteiger partial charge in [0.1, 0.15) is 5.75 Å². The maximum atomic E-state index is 12.6. The van der Waals surface area contributed by atoms with Crippen LogP contribution in [0.15, 0.2) is 36.4 Å². The van der Waals surface area contributed by atoms with Crippen LogP contribution < -0.4 is 4.74 Å². The van der Waals surface area contributed by atoms with Crippen molar-refractivity contribution in [2.75, 3.05) is 39.8 Å². The van der Waals surface area contributed by atoms with E-state index in [1.54, 1.807) is 7.11 Å². The summed E-state index contributed by atoms with van der Waals surface area (Å²) in [4.78, 5) is 17.1. The number of methoxy groups -OCH3 is 1. The number of ether oxygens (including phenoxy) is 1. The summed E-state index contributed by atoms with van der Waals surface area (Å²) in [6.07, 6.45) is 7.58. The van der Waals surface area contributed by atoms with Gasteiger partial charge >= 0.3 is 0 Å². The second kappa shape index (κ2) is 6.60. The highest BCUT2D eigenvalue weighted by atomic mass is 16.5. The molecule has 1 aliphatic heterocycles. The summed E-state index contributed by atoms with van der Waals surface area (Å²) < 4.78 is 5.16. The van der Waals surface area contributed by atoms with Crippen molar-refractivity contribution in [2.45, 2.75) is 12.8 Å². The molecule has 1 aromatic rings. The van der Waals surface area contributed by atoms with Crippen LogP contribution in [0.3, 0.4) is 0 Å². The smallest absolute Gasteiger partial charge is 0.253 e. The van der Waals surface area contributed by atoms with E-state index in [0.29, 0.717) is 0 Å². The summed E-state index contributed by atoms with van der Waals surface area (Å²) in [6, 6.07) is 7.42. The van der Waals surface area contributed by atoms with Gasteiger partial charge in [0.2, 0.25) is 0 Å². The van der Waals surface area contributed by atoms with Crippen LogP contribution in [0.25, 0.3) is 0 Å². The molecule has 4 nitrogen and oxygen atoms in total. The van der Waals surface area contributed by atoms with Crippen molar-refractivity contribution in [3.63, 3.8) is 0 Å². The van der Waals surface area contributed by atoms with Gasteiger partial charge in [-0.1, -0.05) is 12.2 Å². The Morgan fingerprint density at radius 1 is 1.08 bits per heavy atom. The molecule has 1 saturated heterocycles. The summed E-state index contributed by atoms with van der Waals surface area (Å²) in [7, 11) is 1.64. The van der Waals surface area contributed by atoms with Crippen LogP contribution in [0, 0.1) is 17.8 Å². The second-order valence-corrected chi connectivity index (χ2v) is 7.36. The second-order valence-electron chi connectivity index (χ2n) is 7.36. The van der Waals surface area contributed by atoms with E-state index in [1.165, 1.54) is 19.4 Å². The lowest BCUT2D eigenvalue weighted by atomic mass is 9.93. The molecule has 1 amide bonds. The average molecular weight is 326 g/mol. The van der Waals surface area contributed by atoms with E-state index in [4.69, 9.17) is 4.74 Å². The largest absolute Gasteiger partial charge is 0.497 e. The number of allylic oxidation sites excluding steroid dienone is 2. The van der Waals surface area contributed by atoms with Crippen molar-refractivity contribution in [2.24, 2.45) is 17.8 Å². The Morgan fingerprint density at radius 3 is 2.42 bits per heavy atom. The lowest BCUT2D eigenvalue weighted by Gasteiger charge is -2.37. The van der Waals surface area contributed by atoms with E-state index in [1.807, 2.05) is 29.2 Å². The summed E-state index contributed by atoms with van der Waals surface area (Å²) in [6.45, 7) is 4.87. The number of fused-ring (bicyclic) bond motifs is 2. The standard InChI is InChI=1S/C20H26N2O2/c1-24-19-6-4-16(5-7-19)20(23)22-10-8-21(9-11-22)14-18-13-15-2-3-17(18)12-15/h2-7,15,17-18H,8-14H2,1H3/t15-,17-,18+/m1/s1. The average Bonchev–Trinajstić information content (AvgIpc) is 3.25. The molecular formula is C20H26N2O2.